The third-order valence-electron chi connectivity index (χ3n) is 7.40. The first-order valence-corrected chi connectivity index (χ1v) is 13.6. The average molecular weight is 355 g/mol. The maximum absolute atomic E-state index is 2.61. The summed E-state index contributed by atoms with van der Waals surface area (Å²) in [7, 11) is 0. The van der Waals surface area contributed by atoms with Gasteiger partial charge in [0.25, 0.3) is 0 Å². The van der Waals surface area contributed by atoms with Gasteiger partial charge in [-0.05, 0) is 0 Å². The summed E-state index contributed by atoms with van der Waals surface area (Å²) in [4.78, 5) is 0. The molecular formula is C23H31Ti. The van der Waals surface area contributed by atoms with E-state index in [9.17, 15) is 0 Å². The topological polar surface area (TPSA) is 0 Å². The summed E-state index contributed by atoms with van der Waals surface area (Å²) >= 11 is -0.891. The first kappa shape index (κ1) is 16.9. The Morgan fingerprint density at radius 2 is 1.75 bits per heavy atom. The first-order valence-electron chi connectivity index (χ1n) is 9.62. The van der Waals surface area contributed by atoms with Crippen LogP contribution in [-0.4, -0.2) is 0 Å². The second-order valence-corrected chi connectivity index (χ2v) is 13.9. The van der Waals surface area contributed by atoms with Crippen molar-refractivity contribution in [3.05, 3.63) is 53.6 Å². The Morgan fingerprint density at radius 3 is 2.50 bits per heavy atom. The summed E-state index contributed by atoms with van der Waals surface area (Å²) in [5.74, 6) is 2.29. The van der Waals surface area contributed by atoms with E-state index in [2.05, 4.69) is 79.8 Å². The standard InChI is InChI=1S/C21H25.2CH3.Ti/c1-20(2)13-14-21(3,19-10-6-9-18(19)20)17-12-11-15-7-4-5-8-16(15)17;;;/h4-5,7-9,11-14,17-19H,6,10H2,1-3H3;2*1H3;. The third-order valence-corrected chi connectivity index (χ3v) is 10.7. The van der Waals surface area contributed by atoms with Crippen molar-refractivity contribution in [2.45, 2.75) is 54.2 Å². The zero-order chi connectivity index (χ0) is 17.1. The van der Waals surface area contributed by atoms with Crippen LogP contribution < -0.4 is 0 Å². The molecule has 1 saturated carbocycles. The van der Waals surface area contributed by atoms with E-state index in [0.717, 1.165) is 16.1 Å². The van der Waals surface area contributed by atoms with Gasteiger partial charge in [0.05, 0.1) is 0 Å². The zero-order valence-corrected chi connectivity index (χ0v) is 17.4. The third kappa shape index (κ3) is 2.37. The van der Waals surface area contributed by atoms with Crippen LogP contribution in [0.2, 0.25) is 14.7 Å². The summed E-state index contributed by atoms with van der Waals surface area (Å²) in [6.45, 7) is 7.55. The number of hydrogen-bond acceptors (Lipinski definition) is 0. The molecule has 5 atom stereocenters. The summed E-state index contributed by atoms with van der Waals surface area (Å²) in [5.41, 5.74) is 3.65. The Hall–Kier alpha value is -0.586. The zero-order valence-electron chi connectivity index (χ0n) is 15.8. The Bertz CT molecular complexity index is 696. The maximum atomic E-state index is 2.61. The second kappa shape index (κ2) is 5.71. The van der Waals surface area contributed by atoms with Crippen molar-refractivity contribution in [2.24, 2.45) is 22.7 Å². The van der Waals surface area contributed by atoms with Gasteiger partial charge in [-0.3, -0.25) is 0 Å². The Labute approximate surface area is 154 Å². The van der Waals surface area contributed by atoms with Crippen molar-refractivity contribution >= 4 is 6.08 Å². The predicted octanol–water partition coefficient (Wildman–Crippen LogP) is 6.93. The Kier molecular flexibility index (Phi) is 4.01. The van der Waals surface area contributed by atoms with Gasteiger partial charge in [-0.15, -0.1) is 0 Å². The van der Waals surface area contributed by atoms with Crippen molar-refractivity contribution in [1.29, 1.82) is 0 Å². The van der Waals surface area contributed by atoms with Gasteiger partial charge in [-0.25, -0.2) is 0 Å². The molecule has 1 aromatic carbocycles. The molecule has 0 heterocycles. The number of benzene rings is 1. The van der Waals surface area contributed by atoms with Gasteiger partial charge in [0, 0.05) is 0 Å². The van der Waals surface area contributed by atoms with Gasteiger partial charge in [0.15, 0.2) is 0 Å². The molecule has 0 saturated heterocycles. The van der Waals surface area contributed by atoms with Crippen LogP contribution >= 0.6 is 0 Å². The Morgan fingerprint density at radius 1 is 1.00 bits per heavy atom. The molecule has 0 amide bonds. The monoisotopic (exact) mass is 355 g/mol. The summed E-state index contributed by atoms with van der Waals surface area (Å²) < 4.78 is 1.04. The van der Waals surface area contributed by atoms with E-state index in [0.29, 0.717) is 11.3 Å². The number of hydrogen-bond donors (Lipinski definition) is 0. The molecule has 3 aliphatic carbocycles. The fraction of sp³-hybridized carbons (Fsp3) is 0.565. The molecule has 0 spiro atoms. The summed E-state index contributed by atoms with van der Waals surface area (Å²) in [6.07, 6.45) is 13.0. The quantitative estimate of drug-likeness (QED) is 0.399. The fourth-order valence-electron chi connectivity index (χ4n) is 6.14. The van der Waals surface area contributed by atoms with Crippen molar-refractivity contribution < 1.29 is 17.9 Å². The molecular weight excluding hydrogens is 324 g/mol. The van der Waals surface area contributed by atoms with Gasteiger partial charge in [-0.2, -0.15) is 0 Å². The van der Waals surface area contributed by atoms with Crippen LogP contribution in [0.5, 0.6) is 0 Å². The SMILES string of the molecule is [CH3][Ti]([CH3])[CH]1CCC2C1C(C)(C)C=CC2(C)C1C=Cc2ccccc21. The fourth-order valence-corrected chi connectivity index (χ4v) is 9.45. The molecule has 24 heavy (non-hydrogen) atoms. The molecule has 0 aliphatic heterocycles. The predicted molar refractivity (Wildman–Crippen MR) is 101 cm³/mol. The molecule has 0 bridgehead atoms. The minimum absolute atomic E-state index is 0.284. The first-order chi connectivity index (χ1) is 11.3. The average Bonchev–Trinajstić information content (AvgIpc) is 3.17. The van der Waals surface area contributed by atoms with Crippen molar-refractivity contribution in [3.8, 4) is 0 Å². The van der Waals surface area contributed by atoms with Crippen LogP contribution in [0.1, 0.15) is 50.7 Å². The minimum atomic E-state index is -0.891. The van der Waals surface area contributed by atoms with E-state index >= 15 is 0 Å². The molecule has 3 aliphatic rings. The molecule has 0 nitrogen and oxygen atoms in total. The van der Waals surface area contributed by atoms with E-state index in [1.165, 1.54) is 18.4 Å². The van der Waals surface area contributed by atoms with Crippen LogP contribution in [0.4, 0.5) is 0 Å². The van der Waals surface area contributed by atoms with Gasteiger partial charge in [-0.1, -0.05) is 0 Å². The number of fused-ring (bicyclic) bond motifs is 2. The van der Waals surface area contributed by atoms with Crippen LogP contribution in [0.3, 0.4) is 0 Å². The van der Waals surface area contributed by atoms with Crippen LogP contribution in [-0.2, 0) is 17.9 Å². The van der Waals surface area contributed by atoms with E-state index < -0.39 is 17.9 Å². The molecule has 1 aromatic rings. The van der Waals surface area contributed by atoms with Crippen LogP contribution in [0.25, 0.3) is 6.08 Å². The van der Waals surface area contributed by atoms with E-state index in [1.807, 2.05) is 0 Å². The molecule has 0 radical (unpaired) electrons. The van der Waals surface area contributed by atoms with Crippen molar-refractivity contribution in [3.63, 3.8) is 0 Å². The van der Waals surface area contributed by atoms with Crippen molar-refractivity contribution in [1.82, 2.24) is 0 Å². The molecule has 5 unspecified atom stereocenters. The van der Waals surface area contributed by atoms with Gasteiger partial charge >= 0.3 is 154 Å². The molecule has 1 heteroatoms. The second-order valence-electron chi connectivity index (χ2n) is 9.38. The van der Waals surface area contributed by atoms with Crippen LogP contribution in [0, 0.1) is 22.7 Å². The number of allylic oxidation sites excluding steroid dienone is 3. The van der Waals surface area contributed by atoms with Crippen molar-refractivity contribution in [2.75, 3.05) is 0 Å². The van der Waals surface area contributed by atoms with E-state index in [-0.39, 0.29) is 5.41 Å². The summed E-state index contributed by atoms with van der Waals surface area (Å²) in [5, 5.41) is 5.20. The molecule has 0 N–H and O–H groups in total. The molecule has 4 rings (SSSR count). The van der Waals surface area contributed by atoms with E-state index in [4.69, 9.17) is 0 Å². The van der Waals surface area contributed by atoms with E-state index in [1.54, 1.807) is 5.56 Å². The summed E-state index contributed by atoms with van der Waals surface area (Å²) in [6, 6.07) is 9.03. The van der Waals surface area contributed by atoms with Crippen LogP contribution in [0.15, 0.2) is 42.5 Å². The molecule has 0 aromatic heterocycles. The van der Waals surface area contributed by atoms with Gasteiger partial charge in [0.2, 0.25) is 0 Å². The molecule has 1 fully saturated rings. The van der Waals surface area contributed by atoms with Gasteiger partial charge in [0.1, 0.15) is 0 Å². The number of rotatable bonds is 2. The molecule has 127 valence electrons. The Balaban J connectivity index is 1.78. The normalized spacial score (nSPS) is 38.9. The van der Waals surface area contributed by atoms with Gasteiger partial charge < -0.3 is 0 Å².